The van der Waals surface area contributed by atoms with Crippen LogP contribution in [-0.4, -0.2) is 31.6 Å². The summed E-state index contributed by atoms with van der Waals surface area (Å²) in [5.41, 5.74) is 8.67. The van der Waals surface area contributed by atoms with Gasteiger partial charge >= 0.3 is 0 Å². The average Bonchev–Trinajstić information content (AvgIpc) is 3.05. The summed E-state index contributed by atoms with van der Waals surface area (Å²) in [6.45, 7) is 0.188. The number of halogens is 1. The Labute approximate surface area is 162 Å². The lowest BCUT2D eigenvalue weighted by Crippen LogP contribution is -2.02. The highest BCUT2D eigenvalue weighted by atomic mass is 19.1. The lowest BCUT2D eigenvalue weighted by Gasteiger charge is -2.10. The van der Waals surface area contributed by atoms with Crippen LogP contribution in [0.1, 0.15) is 24.0 Å². The standard InChI is InChI=1S/C20H23FN4O3/c1-25-19(14-9-17(27)20(22)23-10-14)13(11-24-25)4-2-3-7-28-18-6-5-16(21)8-15(18)12-26/h5-6,8-11,26-27H,2-4,7,12H2,1H3,(H2,22,23). The molecular formula is C20H23FN4O3. The van der Waals surface area contributed by atoms with Gasteiger partial charge in [-0.1, -0.05) is 0 Å². The van der Waals surface area contributed by atoms with Gasteiger partial charge in [0.05, 0.1) is 25.1 Å². The topological polar surface area (TPSA) is 106 Å². The molecule has 0 bridgehead atoms. The number of nitrogens with two attached hydrogens (primary N) is 1. The summed E-state index contributed by atoms with van der Waals surface area (Å²) in [6.07, 6.45) is 5.82. The van der Waals surface area contributed by atoms with Gasteiger partial charge in [-0.15, -0.1) is 0 Å². The van der Waals surface area contributed by atoms with Crippen molar-refractivity contribution in [3.63, 3.8) is 0 Å². The van der Waals surface area contributed by atoms with Gasteiger partial charge in [-0.05, 0) is 49.1 Å². The van der Waals surface area contributed by atoms with E-state index in [2.05, 4.69) is 10.1 Å². The molecule has 0 amide bonds. The maximum absolute atomic E-state index is 13.2. The molecule has 3 aromatic rings. The molecule has 0 radical (unpaired) electrons. The van der Waals surface area contributed by atoms with Gasteiger partial charge in [0.2, 0.25) is 0 Å². The minimum absolute atomic E-state index is 0.0583. The van der Waals surface area contributed by atoms with E-state index < -0.39 is 5.82 Å². The van der Waals surface area contributed by atoms with E-state index in [0.717, 1.165) is 36.1 Å². The van der Waals surface area contributed by atoms with Crippen molar-refractivity contribution in [3.05, 3.63) is 53.6 Å². The third kappa shape index (κ3) is 4.40. The smallest absolute Gasteiger partial charge is 0.165 e. The third-order valence-electron chi connectivity index (χ3n) is 4.48. The molecule has 8 heteroatoms. The van der Waals surface area contributed by atoms with E-state index in [9.17, 15) is 14.6 Å². The van der Waals surface area contributed by atoms with Gasteiger partial charge in [-0.3, -0.25) is 4.68 Å². The zero-order chi connectivity index (χ0) is 20.1. The van der Waals surface area contributed by atoms with Gasteiger partial charge < -0.3 is 20.7 Å². The minimum Gasteiger partial charge on any atom is -0.504 e. The van der Waals surface area contributed by atoms with Crippen LogP contribution in [0, 0.1) is 5.82 Å². The second kappa shape index (κ2) is 8.71. The Kier molecular flexibility index (Phi) is 6.10. The van der Waals surface area contributed by atoms with Crippen LogP contribution in [-0.2, 0) is 20.1 Å². The first-order chi connectivity index (χ1) is 13.5. The van der Waals surface area contributed by atoms with E-state index in [1.807, 2.05) is 7.05 Å². The zero-order valence-electron chi connectivity index (χ0n) is 15.6. The lowest BCUT2D eigenvalue weighted by atomic mass is 10.0. The van der Waals surface area contributed by atoms with Crippen molar-refractivity contribution < 1.29 is 19.3 Å². The highest BCUT2D eigenvalue weighted by molar-refractivity contribution is 5.66. The fourth-order valence-corrected chi connectivity index (χ4v) is 3.04. The van der Waals surface area contributed by atoms with Crippen molar-refractivity contribution in [2.45, 2.75) is 25.9 Å². The number of rotatable bonds is 8. The Hall–Kier alpha value is -3.13. The van der Waals surface area contributed by atoms with Crippen LogP contribution >= 0.6 is 0 Å². The number of aromatic hydroxyl groups is 1. The largest absolute Gasteiger partial charge is 0.504 e. The van der Waals surface area contributed by atoms with Crippen molar-refractivity contribution in [2.75, 3.05) is 12.3 Å². The van der Waals surface area contributed by atoms with Crippen LogP contribution in [0.4, 0.5) is 10.2 Å². The van der Waals surface area contributed by atoms with Crippen LogP contribution in [0.5, 0.6) is 11.5 Å². The van der Waals surface area contributed by atoms with Gasteiger partial charge in [0.15, 0.2) is 11.6 Å². The molecule has 0 aliphatic heterocycles. The summed E-state index contributed by atoms with van der Waals surface area (Å²) in [7, 11) is 1.83. The van der Waals surface area contributed by atoms with Gasteiger partial charge in [0.1, 0.15) is 11.6 Å². The molecule has 0 aliphatic rings. The Bertz CT molecular complexity index is 959. The number of aliphatic hydroxyl groups is 1. The number of hydrogen-bond donors (Lipinski definition) is 3. The number of anilines is 1. The zero-order valence-corrected chi connectivity index (χ0v) is 15.6. The number of nitrogens with zero attached hydrogens (tertiary/aromatic N) is 3. The van der Waals surface area contributed by atoms with E-state index >= 15 is 0 Å². The second-order valence-electron chi connectivity index (χ2n) is 6.49. The van der Waals surface area contributed by atoms with Crippen LogP contribution in [0.3, 0.4) is 0 Å². The maximum atomic E-state index is 13.2. The van der Waals surface area contributed by atoms with Crippen LogP contribution in [0.15, 0.2) is 36.7 Å². The van der Waals surface area contributed by atoms with Crippen molar-refractivity contribution in [1.82, 2.24) is 14.8 Å². The first-order valence-electron chi connectivity index (χ1n) is 8.97. The van der Waals surface area contributed by atoms with E-state index in [1.54, 1.807) is 23.1 Å². The molecule has 0 aliphatic carbocycles. The summed E-state index contributed by atoms with van der Waals surface area (Å²) >= 11 is 0. The molecule has 2 aromatic heterocycles. The quantitative estimate of drug-likeness (QED) is 0.514. The fourth-order valence-electron chi connectivity index (χ4n) is 3.04. The van der Waals surface area contributed by atoms with Crippen LogP contribution in [0.25, 0.3) is 11.3 Å². The molecule has 4 N–H and O–H groups in total. The molecule has 1 aromatic carbocycles. The third-order valence-corrected chi connectivity index (χ3v) is 4.48. The Morgan fingerprint density at radius 2 is 2.00 bits per heavy atom. The number of aliphatic hydroxyl groups excluding tert-OH is 1. The number of aryl methyl sites for hydroxylation is 2. The van der Waals surface area contributed by atoms with Gasteiger partial charge in [0.25, 0.3) is 0 Å². The van der Waals surface area contributed by atoms with Gasteiger partial charge in [-0.2, -0.15) is 5.10 Å². The second-order valence-corrected chi connectivity index (χ2v) is 6.49. The lowest BCUT2D eigenvalue weighted by molar-refractivity contribution is 0.259. The molecule has 0 saturated heterocycles. The molecular weight excluding hydrogens is 363 g/mol. The highest BCUT2D eigenvalue weighted by Gasteiger charge is 2.13. The fraction of sp³-hybridized carbons (Fsp3) is 0.300. The van der Waals surface area contributed by atoms with E-state index in [4.69, 9.17) is 10.5 Å². The molecule has 28 heavy (non-hydrogen) atoms. The number of aromatic nitrogens is 3. The Morgan fingerprint density at radius 1 is 1.18 bits per heavy atom. The predicted octanol–water partition coefficient (Wildman–Crippen LogP) is 2.80. The highest BCUT2D eigenvalue weighted by Crippen LogP contribution is 2.29. The summed E-state index contributed by atoms with van der Waals surface area (Å²) in [6, 6.07) is 5.69. The summed E-state index contributed by atoms with van der Waals surface area (Å²) < 4.78 is 20.6. The SMILES string of the molecule is Cn1ncc(CCCCOc2ccc(F)cc2CO)c1-c1cnc(N)c(O)c1. The predicted molar refractivity (Wildman–Crippen MR) is 103 cm³/mol. The van der Waals surface area contributed by atoms with Gasteiger partial charge in [0, 0.05) is 24.4 Å². The number of hydrogen-bond acceptors (Lipinski definition) is 6. The van der Waals surface area contributed by atoms with Crippen LogP contribution < -0.4 is 10.5 Å². The molecule has 3 rings (SSSR count). The summed E-state index contributed by atoms with van der Waals surface area (Å²) in [5.74, 6) is 0.128. The molecule has 7 nitrogen and oxygen atoms in total. The monoisotopic (exact) mass is 386 g/mol. The van der Waals surface area contributed by atoms with E-state index in [0.29, 0.717) is 17.9 Å². The van der Waals surface area contributed by atoms with E-state index in [1.165, 1.54) is 18.2 Å². The van der Waals surface area contributed by atoms with Crippen molar-refractivity contribution in [1.29, 1.82) is 0 Å². The molecule has 0 fully saturated rings. The molecule has 2 heterocycles. The number of pyridine rings is 1. The number of ether oxygens (including phenoxy) is 1. The van der Waals surface area contributed by atoms with Gasteiger partial charge in [-0.25, -0.2) is 9.37 Å². The van der Waals surface area contributed by atoms with Crippen molar-refractivity contribution in [2.24, 2.45) is 7.05 Å². The minimum atomic E-state index is -0.399. The number of nitrogen functional groups attached to an aromatic ring is 1. The number of unbranched alkanes of at least 4 members (excludes halogenated alkanes) is 1. The Balaban J connectivity index is 1.58. The average molecular weight is 386 g/mol. The summed E-state index contributed by atoms with van der Waals surface area (Å²) in [5, 5.41) is 23.4. The molecule has 0 spiro atoms. The maximum Gasteiger partial charge on any atom is 0.165 e. The summed E-state index contributed by atoms with van der Waals surface area (Å²) in [4.78, 5) is 4.00. The Morgan fingerprint density at radius 3 is 2.75 bits per heavy atom. The molecule has 0 atom stereocenters. The molecule has 0 unspecified atom stereocenters. The van der Waals surface area contributed by atoms with E-state index in [-0.39, 0.29) is 18.2 Å². The molecule has 0 saturated carbocycles. The molecule has 148 valence electrons. The normalized spacial score (nSPS) is 11.0. The van der Waals surface area contributed by atoms with Crippen molar-refractivity contribution >= 4 is 5.82 Å². The first kappa shape index (κ1) is 19.6. The van der Waals surface area contributed by atoms with Crippen molar-refractivity contribution in [3.8, 4) is 22.8 Å². The van der Waals surface area contributed by atoms with Crippen LogP contribution in [0.2, 0.25) is 0 Å². The number of benzene rings is 1. The first-order valence-corrected chi connectivity index (χ1v) is 8.97.